The molecule has 2 aliphatic rings. The van der Waals surface area contributed by atoms with Crippen molar-refractivity contribution in [3.05, 3.63) is 46.1 Å². The molecule has 1 unspecified atom stereocenters. The zero-order valence-electron chi connectivity index (χ0n) is 17.3. The first-order chi connectivity index (χ1) is 15.2. The van der Waals surface area contributed by atoms with E-state index in [4.69, 9.17) is 21.2 Å². The Labute approximate surface area is 193 Å². The highest BCUT2D eigenvalue weighted by Gasteiger charge is 2.54. The number of β-lactam (4-membered cyclic amide) rings is 1. The SMILES string of the molecule is CC(=O)OCC1=C(C(=O)O)N2C(=O)[C@@H](NC(=O)C(C)NOCc3ccc(Cl)cc3)[C@H]2SC1. The van der Waals surface area contributed by atoms with Crippen molar-refractivity contribution in [2.45, 2.75) is 37.9 Å². The van der Waals surface area contributed by atoms with E-state index in [1.807, 2.05) is 0 Å². The Balaban J connectivity index is 1.54. The summed E-state index contributed by atoms with van der Waals surface area (Å²) in [6.07, 6.45) is 0. The molecule has 1 aromatic rings. The van der Waals surface area contributed by atoms with Crippen molar-refractivity contribution < 1.29 is 33.9 Å². The van der Waals surface area contributed by atoms with Gasteiger partial charge in [0.25, 0.3) is 5.91 Å². The molecule has 3 atom stereocenters. The molecule has 10 nitrogen and oxygen atoms in total. The van der Waals surface area contributed by atoms with Gasteiger partial charge in [-0.1, -0.05) is 23.7 Å². The lowest BCUT2D eigenvalue weighted by molar-refractivity contribution is -0.151. The molecule has 12 heteroatoms. The zero-order valence-corrected chi connectivity index (χ0v) is 18.9. The smallest absolute Gasteiger partial charge is 0.352 e. The number of nitrogens with zero attached hydrogens (tertiary/aromatic N) is 1. The van der Waals surface area contributed by atoms with Crippen LogP contribution in [0.1, 0.15) is 19.4 Å². The van der Waals surface area contributed by atoms with Crippen LogP contribution in [-0.4, -0.2) is 63.6 Å². The molecule has 2 heterocycles. The van der Waals surface area contributed by atoms with E-state index in [0.717, 1.165) is 10.5 Å². The highest BCUT2D eigenvalue weighted by atomic mass is 35.5. The van der Waals surface area contributed by atoms with Crippen LogP contribution in [0.4, 0.5) is 0 Å². The van der Waals surface area contributed by atoms with Gasteiger partial charge in [0.2, 0.25) is 5.91 Å². The van der Waals surface area contributed by atoms with Crippen LogP contribution in [0, 0.1) is 0 Å². The van der Waals surface area contributed by atoms with Crippen LogP contribution in [0.25, 0.3) is 0 Å². The Morgan fingerprint density at radius 1 is 1.28 bits per heavy atom. The van der Waals surface area contributed by atoms with Crippen molar-refractivity contribution >= 4 is 47.1 Å². The number of esters is 1. The van der Waals surface area contributed by atoms with Gasteiger partial charge in [-0.2, -0.15) is 5.48 Å². The number of halogens is 1. The summed E-state index contributed by atoms with van der Waals surface area (Å²) in [5.74, 6) is -2.59. The fraction of sp³-hybridized carbons (Fsp3) is 0.400. The summed E-state index contributed by atoms with van der Waals surface area (Å²) >= 11 is 7.12. The number of hydrogen-bond donors (Lipinski definition) is 3. The molecule has 3 rings (SSSR count). The van der Waals surface area contributed by atoms with Gasteiger partial charge in [0.05, 0.1) is 6.61 Å². The van der Waals surface area contributed by atoms with Gasteiger partial charge in [-0.05, 0) is 24.6 Å². The van der Waals surface area contributed by atoms with E-state index >= 15 is 0 Å². The average molecular weight is 484 g/mol. The van der Waals surface area contributed by atoms with Crippen molar-refractivity contribution in [3.63, 3.8) is 0 Å². The number of carbonyl (C=O) groups is 4. The normalized spacial score (nSPS) is 20.8. The Kier molecular flexibility index (Phi) is 7.77. The van der Waals surface area contributed by atoms with E-state index in [-0.39, 0.29) is 24.7 Å². The number of carboxylic acid groups (broad SMARTS) is 1. The summed E-state index contributed by atoms with van der Waals surface area (Å²) in [5.41, 5.74) is 3.60. The third-order valence-corrected chi connectivity index (χ3v) is 6.39. The van der Waals surface area contributed by atoms with Crippen molar-refractivity contribution in [1.29, 1.82) is 0 Å². The topological polar surface area (TPSA) is 134 Å². The maximum Gasteiger partial charge on any atom is 0.352 e. The first kappa shape index (κ1) is 24.1. The first-order valence-electron chi connectivity index (χ1n) is 9.64. The average Bonchev–Trinajstić information content (AvgIpc) is 2.76. The number of nitrogens with one attached hydrogen (secondary N) is 2. The van der Waals surface area contributed by atoms with Crippen molar-refractivity contribution in [2.24, 2.45) is 0 Å². The van der Waals surface area contributed by atoms with Crippen molar-refractivity contribution in [1.82, 2.24) is 15.7 Å². The van der Waals surface area contributed by atoms with Gasteiger partial charge in [-0.3, -0.25) is 24.1 Å². The molecule has 0 radical (unpaired) electrons. The maximum absolute atomic E-state index is 12.6. The molecule has 0 aromatic heterocycles. The molecule has 0 aliphatic carbocycles. The maximum atomic E-state index is 12.6. The number of hydrogen-bond acceptors (Lipinski definition) is 8. The van der Waals surface area contributed by atoms with Crippen LogP contribution in [-0.2, 0) is 35.4 Å². The molecule has 32 heavy (non-hydrogen) atoms. The third kappa shape index (κ3) is 5.41. The molecule has 2 amide bonds. The van der Waals surface area contributed by atoms with E-state index in [1.54, 1.807) is 31.2 Å². The molecule has 172 valence electrons. The number of aliphatic carboxylic acids is 1. The van der Waals surface area contributed by atoms with Crippen LogP contribution in [0.2, 0.25) is 5.02 Å². The number of hydroxylamine groups is 1. The van der Waals surface area contributed by atoms with E-state index in [2.05, 4.69) is 10.8 Å². The Bertz CT molecular complexity index is 953. The Morgan fingerprint density at radius 2 is 1.97 bits per heavy atom. The molecule has 2 aliphatic heterocycles. The highest BCUT2D eigenvalue weighted by Crippen LogP contribution is 2.40. The van der Waals surface area contributed by atoms with E-state index in [0.29, 0.717) is 10.6 Å². The van der Waals surface area contributed by atoms with Gasteiger partial charge in [-0.25, -0.2) is 4.79 Å². The van der Waals surface area contributed by atoms with Gasteiger partial charge in [0.1, 0.15) is 29.8 Å². The molecule has 0 bridgehead atoms. The van der Waals surface area contributed by atoms with Crippen LogP contribution in [0.3, 0.4) is 0 Å². The Hall–Kier alpha value is -2.60. The number of carboxylic acids is 1. The number of amides is 2. The van der Waals surface area contributed by atoms with Crippen molar-refractivity contribution in [2.75, 3.05) is 12.4 Å². The van der Waals surface area contributed by atoms with Gasteiger partial charge in [0, 0.05) is 23.3 Å². The quantitative estimate of drug-likeness (QED) is 0.267. The number of fused-ring (bicyclic) bond motifs is 1. The van der Waals surface area contributed by atoms with E-state index in [9.17, 15) is 24.3 Å². The second-order valence-corrected chi connectivity index (χ2v) is 8.73. The van der Waals surface area contributed by atoms with Gasteiger partial charge in [-0.15, -0.1) is 11.8 Å². The van der Waals surface area contributed by atoms with E-state index in [1.165, 1.54) is 18.7 Å². The lowest BCUT2D eigenvalue weighted by atomic mass is 10.0. The summed E-state index contributed by atoms with van der Waals surface area (Å²) in [6.45, 7) is 2.80. The summed E-state index contributed by atoms with van der Waals surface area (Å²) in [4.78, 5) is 54.3. The zero-order chi connectivity index (χ0) is 23.4. The van der Waals surface area contributed by atoms with Crippen molar-refractivity contribution in [3.8, 4) is 0 Å². The fourth-order valence-electron chi connectivity index (χ4n) is 3.15. The number of benzene rings is 1. The molecule has 1 saturated heterocycles. The van der Waals surface area contributed by atoms with Crippen LogP contribution < -0.4 is 10.8 Å². The number of thioether (sulfide) groups is 1. The van der Waals surface area contributed by atoms with Gasteiger partial charge < -0.3 is 15.2 Å². The molecular weight excluding hydrogens is 462 g/mol. The number of ether oxygens (including phenoxy) is 1. The van der Waals surface area contributed by atoms with Gasteiger partial charge in [0.15, 0.2) is 0 Å². The second kappa shape index (κ2) is 10.3. The molecule has 1 fully saturated rings. The van der Waals surface area contributed by atoms with Crippen LogP contribution >= 0.6 is 23.4 Å². The largest absolute Gasteiger partial charge is 0.477 e. The predicted octanol–water partition coefficient (Wildman–Crippen LogP) is 1.05. The monoisotopic (exact) mass is 483 g/mol. The van der Waals surface area contributed by atoms with Crippen LogP contribution in [0.15, 0.2) is 35.5 Å². The molecule has 1 aromatic carbocycles. The minimum Gasteiger partial charge on any atom is -0.477 e. The standard InChI is InChI=1S/C20H22ClN3O7S/c1-10(23-31-7-12-3-5-14(21)6-4-12)17(26)22-15-18(27)24-16(20(28)29)13(8-30-11(2)25)9-32-19(15)24/h3-6,10,15,19,23H,7-9H2,1-2H3,(H,22,26)(H,28,29)/t10?,15-,19-/m1/s1. The Morgan fingerprint density at radius 3 is 2.59 bits per heavy atom. The molecular formula is C20H22ClN3O7S. The van der Waals surface area contributed by atoms with E-state index < -0.39 is 41.2 Å². The molecule has 0 spiro atoms. The predicted molar refractivity (Wildman–Crippen MR) is 115 cm³/mol. The summed E-state index contributed by atoms with van der Waals surface area (Å²) in [7, 11) is 0. The minimum absolute atomic E-state index is 0.205. The summed E-state index contributed by atoms with van der Waals surface area (Å²) in [6, 6.07) is 5.41. The molecule has 3 N–H and O–H groups in total. The minimum atomic E-state index is -1.29. The summed E-state index contributed by atoms with van der Waals surface area (Å²) in [5, 5.41) is 12.2. The fourth-order valence-corrected chi connectivity index (χ4v) is 4.60. The highest BCUT2D eigenvalue weighted by molar-refractivity contribution is 8.00. The molecule has 0 saturated carbocycles. The lowest BCUT2D eigenvalue weighted by Crippen LogP contribution is -2.71. The number of carbonyl (C=O) groups excluding carboxylic acids is 3. The lowest BCUT2D eigenvalue weighted by Gasteiger charge is -2.49. The van der Waals surface area contributed by atoms with Crippen LogP contribution in [0.5, 0.6) is 0 Å². The summed E-state index contributed by atoms with van der Waals surface area (Å²) < 4.78 is 4.89. The number of rotatable bonds is 9. The first-order valence-corrected chi connectivity index (χ1v) is 11.1. The second-order valence-electron chi connectivity index (χ2n) is 7.19. The third-order valence-electron chi connectivity index (χ3n) is 4.80. The van der Waals surface area contributed by atoms with Gasteiger partial charge >= 0.3 is 11.9 Å².